The third-order valence-electron chi connectivity index (χ3n) is 6.96. The number of halogens is 1. The van der Waals surface area contributed by atoms with Crippen LogP contribution in [0, 0.1) is 5.82 Å². The lowest BCUT2D eigenvalue weighted by Gasteiger charge is -2.32. The normalized spacial score (nSPS) is 17.3. The Labute approximate surface area is 206 Å². The summed E-state index contributed by atoms with van der Waals surface area (Å²) in [5, 5.41) is 3.25. The highest BCUT2D eigenvalue weighted by atomic mass is 19.1. The van der Waals surface area contributed by atoms with Crippen LogP contribution in [0.15, 0.2) is 60.7 Å². The minimum atomic E-state index is -0.558. The highest BCUT2D eigenvalue weighted by Crippen LogP contribution is 2.36. The topological polar surface area (TPSA) is 86.5 Å². The van der Waals surface area contributed by atoms with Gasteiger partial charge < -0.3 is 20.4 Å². The lowest BCUT2D eigenvalue weighted by atomic mass is 9.79. The van der Waals surface area contributed by atoms with E-state index in [1.165, 1.54) is 12.1 Å². The Morgan fingerprint density at radius 3 is 2.17 bits per heavy atom. The summed E-state index contributed by atoms with van der Waals surface area (Å²) in [7, 11) is -0.422. The van der Waals surface area contributed by atoms with Crippen molar-refractivity contribution in [2.75, 3.05) is 5.32 Å². The second-order valence-corrected chi connectivity index (χ2v) is 9.95. The van der Waals surface area contributed by atoms with Crippen molar-refractivity contribution in [3.8, 4) is 0 Å². The molecule has 1 aromatic heterocycles. The maximum absolute atomic E-state index is 13.3. The second-order valence-electron chi connectivity index (χ2n) is 9.95. The molecule has 2 aromatic carbocycles. The molecular formula is C27H31BFN3O3. The summed E-state index contributed by atoms with van der Waals surface area (Å²) < 4.78 is 25.5. The first-order valence-electron chi connectivity index (χ1n) is 11.7. The van der Waals surface area contributed by atoms with E-state index in [-0.39, 0.29) is 11.7 Å². The molecule has 0 aliphatic carbocycles. The van der Waals surface area contributed by atoms with Gasteiger partial charge in [-0.3, -0.25) is 4.79 Å². The van der Waals surface area contributed by atoms with Crippen LogP contribution in [-0.2, 0) is 15.9 Å². The van der Waals surface area contributed by atoms with Crippen LogP contribution >= 0.6 is 0 Å². The van der Waals surface area contributed by atoms with Crippen LogP contribution in [0.25, 0.3) is 0 Å². The standard InChI is InChI=1S/C27H31BFN3O3/c1-17(19-8-12-21(29)13-9-19)23-15-14-22(24(30)33)25(32-23)31-16-18-6-10-20(11-7-18)28-34-26(2,3)27(4,5)35-28/h6-15,17H,16H2,1-5H3,(H2,30,33)(H,31,32)/t17-/m0/s1. The predicted molar refractivity (Wildman–Crippen MR) is 136 cm³/mol. The molecule has 6 nitrogen and oxygen atoms in total. The number of primary amides is 1. The van der Waals surface area contributed by atoms with Gasteiger partial charge in [-0.1, -0.05) is 43.3 Å². The molecule has 1 atom stereocenters. The Morgan fingerprint density at radius 1 is 1.00 bits per heavy atom. The molecule has 0 unspecified atom stereocenters. The van der Waals surface area contributed by atoms with Gasteiger partial charge in [-0.05, 0) is 68.6 Å². The fourth-order valence-corrected chi connectivity index (χ4v) is 3.93. The van der Waals surface area contributed by atoms with Gasteiger partial charge in [0.1, 0.15) is 11.6 Å². The number of anilines is 1. The van der Waals surface area contributed by atoms with Crippen LogP contribution in [0.5, 0.6) is 0 Å². The van der Waals surface area contributed by atoms with Crippen molar-refractivity contribution >= 4 is 24.3 Å². The van der Waals surface area contributed by atoms with Crippen LogP contribution in [-0.4, -0.2) is 29.2 Å². The molecular weight excluding hydrogens is 444 g/mol. The van der Waals surface area contributed by atoms with E-state index in [0.29, 0.717) is 17.9 Å². The average Bonchev–Trinajstić information content (AvgIpc) is 3.04. The van der Waals surface area contributed by atoms with E-state index in [0.717, 1.165) is 22.3 Å². The van der Waals surface area contributed by atoms with Crippen molar-refractivity contribution in [2.24, 2.45) is 5.73 Å². The molecule has 3 aromatic rings. The number of carbonyl (C=O) groups is 1. The number of pyridine rings is 1. The number of carbonyl (C=O) groups excluding carboxylic acids is 1. The van der Waals surface area contributed by atoms with Gasteiger partial charge in [0.2, 0.25) is 0 Å². The van der Waals surface area contributed by atoms with E-state index in [4.69, 9.17) is 15.0 Å². The van der Waals surface area contributed by atoms with Crippen LogP contribution in [0.3, 0.4) is 0 Å². The molecule has 182 valence electrons. The van der Waals surface area contributed by atoms with Gasteiger partial charge in [0.05, 0.1) is 22.5 Å². The van der Waals surface area contributed by atoms with Gasteiger partial charge in [0, 0.05) is 12.5 Å². The number of amides is 1. The number of hydrogen-bond donors (Lipinski definition) is 2. The predicted octanol–water partition coefficient (Wildman–Crippen LogP) is 4.38. The van der Waals surface area contributed by atoms with Gasteiger partial charge in [-0.2, -0.15) is 0 Å². The highest BCUT2D eigenvalue weighted by Gasteiger charge is 2.51. The summed E-state index contributed by atoms with van der Waals surface area (Å²) in [5.74, 6) is -0.516. The molecule has 3 N–H and O–H groups in total. The molecule has 0 radical (unpaired) electrons. The molecule has 1 fully saturated rings. The molecule has 1 saturated heterocycles. The van der Waals surface area contributed by atoms with Crippen LogP contribution in [0.4, 0.5) is 10.2 Å². The molecule has 8 heteroatoms. The Bertz CT molecular complexity index is 1200. The van der Waals surface area contributed by atoms with Crippen molar-refractivity contribution in [1.29, 1.82) is 0 Å². The molecule has 1 amide bonds. The summed E-state index contributed by atoms with van der Waals surface area (Å²) in [4.78, 5) is 16.7. The quantitative estimate of drug-likeness (QED) is 0.496. The van der Waals surface area contributed by atoms with Crippen LogP contribution in [0.2, 0.25) is 0 Å². The number of benzene rings is 2. The number of nitrogens with two attached hydrogens (primary N) is 1. The van der Waals surface area contributed by atoms with Crippen LogP contribution in [0.1, 0.15) is 67.7 Å². The minimum absolute atomic E-state index is 0.0859. The molecule has 1 aliphatic heterocycles. The molecule has 4 rings (SSSR count). The smallest absolute Gasteiger partial charge is 0.399 e. The second kappa shape index (κ2) is 9.43. The first-order valence-corrected chi connectivity index (χ1v) is 11.7. The molecule has 0 saturated carbocycles. The first kappa shape index (κ1) is 24.9. The average molecular weight is 475 g/mol. The number of rotatable bonds is 7. The molecule has 2 heterocycles. The zero-order valence-electron chi connectivity index (χ0n) is 20.8. The fourth-order valence-electron chi connectivity index (χ4n) is 3.93. The Kier molecular flexibility index (Phi) is 6.71. The monoisotopic (exact) mass is 475 g/mol. The molecule has 0 spiro atoms. The van der Waals surface area contributed by atoms with Crippen molar-refractivity contribution in [2.45, 2.75) is 58.3 Å². The molecule has 1 aliphatic rings. The lowest BCUT2D eigenvalue weighted by molar-refractivity contribution is 0.00578. The lowest BCUT2D eigenvalue weighted by Crippen LogP contribution is -2.41. The van der Waals surface area contributed by atoms with Crippen molar-refractivity contribution in [3.05, 3.63) is 88.9 Å². The van der Waals surface area contributed by atoms with Crippen molar-refractivity contribution < 1.29 is 18.5 Å². The minimum Gasteiger partial charge on any atom is -0.399 e. The highest BCUT2D eigenvalue weighted by molar-refractivity contribution is 6.62. The third kappa shape index (κ3) is 5.23. The summed E-state index contributed by atoms with van der Waals surface area (Å²) in [5.41, 5.74) is 8.72. The summed E-state index contributed by atoms with van der Waals surface area (Å²) in [6, 6.07) is 17.7. The van der Waals surface area contributed by atoms with E-state index in [1.54, 1.807) is 24.3 Å². The van der Waals surface area contributed by atoms with Gasteiger partial charge in [0.15, 0.2) is 0 Å². The Balaban J connectivity index is 1.49. The zero-order chi connectivity index (χ0) is 25.4. The Morgan fingerprint density at radius 2 is 1.60 bits per heavy atom. The maximum Gasteiger partial charge on any atom is 0.494 e. The van der Waals surface area contributed by atoms with Crippen molar-refractivity contribution in [1.82, 2.24) is 4.98 Å². The number of aromatic nitrogens is 1. The third-order valence-corrected chi connectivity index (χ3v) is 6.96. The van der Waals surface area contributed by atoms with Gasteiger partial charge >= 0.3 is 7.12 Å². The number of nitrogens with zero attached hydrogens (tertiary/aromatic N) is 1. The largest absolute Gasteiger partial charge is 0.494 e. The molecule has 35 heavy (non-hydrogen) atoms. The van der Waals surface area contributed by atoms with Crippen molar-refractivity contribution in [3.63, 3.8) is 0 Å². The number of hydrogen-bond acceptors (Lipinski definition) is 5. The van der Waals surface area contributed by atoms with E-state index in [9.17, 15) is 9.18 Å². The van der Waals surface area contributed by atoms with E-state index in [1.807, 2.05) is 58.9 Å². The molecule has 0 bridgehead atoms. The van der Waals surface area contributed by atoms with Gasteiger partial charge in [-0.15, -0.1) is 0 Å². The first-order chi connectivity index (χ1) is 16.5. The van der Waals surface area contributed by atoms with E-state index in [2.05, 4.69) is 10.3 Å². The van der Waals surface area contributed by atoms with E-state index < -0.39 is 24.2 Å². The van der Waals surface area contributed by atoms with Crippen LogP contribution < -0.4 is 16.5 Å². The van der Waals surface area contributed by atoms with Gasteiger partial charge in [-0.25, -0.2) is 9.37 Å². The summed E-state index contributed by atoms with van der Waals surface area (Å²) in [6.45, 7) is 10.5. The Hall–Kier alpha value is -3.23. The zero-order valence-corrected chi connectivity index (χ0v) is 20.8. The maximum atomic E-state index is 13.3. The fraction of sp³-hybridized carbons (Fsp3) is 0.333. The summed E-state index contributed by atoms with van der Waals surface area (Å²) >= 11 is 0. The van der Waals surface area contributed by atoms with E-state index >= 15 is 0 Å². The number of nitrogens with one attached hydrogen (secondary N) is 1. The van der Waals surface area contributed by atoms with Gasteiger partial charge in [0.25, 0.3) is 5.91 Å². The SMILES string of the molecule is C[C@@H](c1ccc(F)cc1)c1ccc(C(N)=O)c(NCc2ccc(B3OC(C)(C)C(C)(C)O3)cc2)n1. The summed E-state index contributed by atoms with van der Waals surface area (Å²) in [6.07, 6.45) is 0.